The number of nitrogens with two attached hydrogens (primary N) is 1. The number of hydrogen-bond acceptors (Lipinski definition) is 9. The Morgan fingerprint density at radius 1 is 1.17 bits per heavy atom. The monoisotopic (exact) mass is 586 g/mol. The van der Waals surface area contributed by atoms with E-state index in [1.807, 2.05) is 0 Å². The second kappa shape index (κ2) is 12.3. The molecule has 2 aromatic carbocycles. The van der Waals surface area contributed by atoms with Gasteiger partial charge in [0, 0.05) is 25.4 Å². The normalized spacial score (nSPS) is 15.1. The number of carbonyl (C=O) groups excluding carboxylic acids is 1. The van der Waals surface area contributed by atoms with Crippen molar-refractivity contribution >= 4 is 32.6 Å². The van der Waals surface area contributed by atoms with Gasteiger partial charge in [0.15, 0.2) is 15.5 Å². The minimum atomic E-state index is -3.30. The lowest BCUT2D eigenvalue weighted by Gasteiger charge is -2.32. The zero-order chi connectivity index (χ0) is 29.7. The lowest BCUT2D eigenvalue weighted by molar-refractivity contribution is -0.127. The van der Waals surface area contributed by atoms with Gasteiger partial charge in [-0.05, 0) is 54.7 Å². The highest BCUT2D eigenvalue weighted by Gasteiger charge is 2.27. The summed E-state index contributed by atoms with van der Waals surface area (Å²) in [4.78, 5) is 22.7. The van der Waals surface area contributed by atoms with E-state index in [1.54, 1.807) is 58.1 Å². The highest BCUT2D eigenvalue weighted by molar-refractivity contribution is 7.90. The van der Waals surface area contributed by atoms with Crippen molar-refractivity contribution in [1.82, 2.24) is 24.6 Å². The van der Waals surface area contributed by atoms with Crippen molar-refractivity contribution in [3.63, 3.8) is 0 Å². The van der Waals surface area contributed by atoms with Crippen molar-refractivity contribution < 1.29 is 22.7 Å². The van der Waals surface area contributed by atoms with Gasteiger partial charge < -0.3 is 20.1 Å². The van der Waals surface area contributed by atoms with Gasteiger partial charge in [-0.25, -0.2) is 23.1 Å². The number of amides is 1. The molecule has 1 fully saturated rings. The maximum Gasteiger partial charge on any atom is 0.246 e. The fourth-order valence-corrected chi connectivity index (χ4v) is 5.44. The van der Waals surface area contributed by atoms with E-state index in [0.29, 0.717) is 41.3 Å². The van der Waals surface area contributed by atoms with Crippen LogP contribution < -0.4 is 15.2 Å². The van der Waals surface area contributed by atoms with Crippen LogP contribution in [-0.4, -0.2) is 64.9 Å². The van der Waals surface area contributed by atoms with Crippen molar-refractivity contribution in [1.29, 1.82) is 0 Å². The average molecular weight is 587 g/mol. The van der Waals surface area contributed by atoms with Crippen molar-refractivity contribution in [2.75, 3.05) is 31.7 Å². The molecule has 42 heavy (non-hydrogen) atoms. The highest BCUT2D eigenvalue weighted by atomic mass is 32.2. The number of ether oxygens (including phenoxy) is 2. The predicted molar refractivity (Wildman–Crippen MR) is 157 cm³/mol. The summed E-state index contributed by atoms with van der Waals surface area (Å²) in [5.41, 5.74) is 7.92. The summed E-state index contributed by atoms with van der Waals surface area (Å²) < 4.78 is 37.1. The highest BCUT2D eigenvalue weighted by Crippen LogP contribution is 2.28. The van der Waals surface area contributed by atoms with Crippen LogP contribution in [0.2, 0.25) is 0 Å². The van der Waals surface area contributed by atoms with Crippen LogP contribution in [-0.2, 0) is 21.2 Å². The summed E-state index contributed by atoms with van der Waals surface area (Å²) in [6.07, 6.45) is 5.55. The van der Waals surface area contributed by atoms with Gasteiger partial charge >= 0.3 is 0 Å². The lowest BCUT2D eigenvalue weighted by Crippen LogP contribution is -2.40. The van der Waals surface area contributed by atoms with Gasteiger partial charge in [-0.1, -0.05) is 30.7 Å². The molecule has 0 spiro atoms. The standard InChI is InChI=1S/C30H30N6O5S/c1-3-27(37)35-14-6-9-22(18-35)36-30-28(29(31)32-20-33-30)26(34-36)13-7-15-40-23-10-5-11-24(17-23)41-19-21-8-4-12-25(16-21)42(2,38)39/h3-5,8,10-12,16-17,20,22H,1,6,9,14-15,18-19H2,2H3,(H2,31,32,33). The second-order valence-corrected chi connectivity index (χ2v) is 11.8. The number of likely N-dealkylation sites (tertiary alicyclic amines) is 1. The Bertz CT molecular complexity index is 1810. The second-order valence-electron chi connectivity index (χ2n) is 9.81. The molecule has 216 valence electrons. The molecule has 1 atom stereocenters. The fourth-order valence-electron chi connectivity index (χ4n) is 4.75. The quantitative estimate of drug-likeness (QED) is 0.243. The molecular formula is C30H30N6O5S. The van der Waals surface area contributed by atoms with Crippen LogP contribution in [0, 0.1) is 11.8 Å². The minimum absolute atomic E-state index is 0.0762. The molecule has 0 saturated carbocycles. The van der Waals surface area contributed by atoms with E-state index in [2.05, 4.69) is 28.4 Å². The zero-order valence-electron chi connectivity index (χ0n) is 23.1. The maximum absolute atomic E-state index is 12.2. The minimum Gasteiger partial charge on any atom is -0.489 e. The average Bonchev–Trinajstić information content (AvgIpc) is 3.38. The molecule has 5 rings (SSSR count). The van der Waals surface area contributed by atoms with Crippen LogP contribution >= 0.6 is 0 Å². The first kappa shape index (κ1) is 28.6. The molecule has 0 radical (unpaired) electrons. The number of nitrogens with zero attached hydrogens (tertiary/aromatic N) is 5. The molecule has 12 heteroatoms. The predicted octanol–water partition coefficient (Wildman–Crippen LogP) is 3.17. The van der Waals surface area contributed by atoms with Crippen LogP contribution in [0.3, 0.4) is 0 Å². The Labute approximate surface area is 243 Å². The number of benzene rings is 2. The summed E-state index contributed by atoms with van der Waals surface area (Å²) in [6, 6.07) is 13.7. The van der Waals surface area contributed by atoms with Crippen LogP contribution in [0.5, 0.6) is 11.5 Å². The number of aromatic nitrogens is 4. The van der Waals surface area contributed by atoms with Crippen molar-refractivity contribution in [2.24, 2.45) is 0 Å². The van der Waals surface area contributed by atoms with Crippen LogP contribution in [0.4, 0.5) is 5.82 Å². The van der Waals surface area contributed by atoms with E-state index in [-0.39, 0.29) is 35.9 Å². The number of rotatable bonds is 8. The molecule has 1 saturated heterocycles. The van der Waals surface area contributed by atoms with Crippen molar-refractivity contribution in [3.8, 4) is 23.3 Å². The van der Waals surface area contributed by atoms with E-state index in [1.165, 1.54) is 18.7 Å². The summed E-state index contributed by atoms with van der Waals surface area (Å²) in [5, 5.41) is 5.27. The smallest absolute Gasteiger partial charge is 0.246 e. The molecule has 1 aliphatic rings. The Morgan fingerprint density at radius 3 is 2.74 bits per heavy atom. The van der Waals surface area contributed by atoms with Gasteiger partial charge in [0.1, 0.15) is 42.6 Å². The molecule has 0 bridgehead atoms. The topological polar surface area (TPSA) is 143 Å². The molecule has 3 heterocycles. The van der Waals surface area contributed by atoms with E-state index in [4.69, 9.17) is 20.3 Å². The number of nitrogen functional groups attached to an aromatic ring is 1. The van der Waals surface area contributed by atoms with Crippen molar-refractivity contribution in [3.05, 3.63) is 78.8 Å². The molecule has 0 aliphatic carbocycles. The van der Waals surface area contributed by atoms with Crippen molar-refractivity contribution in [2.45, 2.75) is 30.4 Å². The summed E-state index contributed by atoms with van der Waals surface area (Å²) in [7, 11) is -3.30. The first-order valence-corrected chi connectivity index (χ1v) is 15.2. The zero-order valence-corrected chi connectivity index (χ0v) is 23.9. The summed E-state index contributed by atoms with van der Waals surface area (Å²) in [5.74, 6) is 7.31. The van der Waals surface area contributed by atoms with Crippen LogP contribution in [0.15, 0.2) is 72.4 Å². The number of hydrogen-bond donors (Lipinski definition) is 1. The van der Waals surface area contributed by atoms with Gasteiger partial charge in [0.25, 0.3) is 0 Å². The molecule has 4 aromatic rings. The SMILES string of the molecule is C=CC(=O)N1CCCC(n2nc(C#CCOc3cccc(OCc4cccc(S(C)(=O)=O)c4)c3)c3c(N)ncnc32)C1. The Balaban J connectivity index is 1.27. The molecule has 1 aliphatic heterocycles. The van der Waals surface area contributed by atoms with E-state index in [9.17, 15) is 13.2 Å². The maximum atomic E-state index is 12.2. The first-order valence-electron chi connectivity index (χ1n) is 13.3. The largest absolute Gasteiger partial charge is 0.489 e. The van der Waals surface area contributed by atoms with Gasteiger partial charge in [-0.2, -0.15) is 5.10 Å². The molecule has 1 unspecified atom stereocenters. The number of anilines is 1. The lowest BCUT2D eigenvalue weighted by atomic mass is 10.1. The number of carbonyl (C=O) groups is 1. The molecule has 2 N–H and O–H groups in total. The van der Waals surface area contributed by atoms with Gasteiger partial charge in [0.2, 0.25) is 5.91 Å². The number of piperidine rings is 1. The molecular weight excluding hydrogens is 556 g/mol. The third kappa shape index (κ3) is 6.53. The third-order valence-corrected chi connectivity index (χ3v) is 7.91. The van der Waals surface area contributed by atoms with E-state index < -0.39 is 9.84 Å². The van der Waals surface area contributed by atoms with E-state index in [0.717, 1.165) is 18.4 Å². The molecule has 2 aromatic heterocycles. The Kier molecular flexibility index (Phi) is 8.40. The third-order valence-electron chi connectivity index (χ3n) is 6.80. The van der Waals surface area contributed by atoms with Gasteiger partial charge in [-0.3, -0.25) is 4.79 Å². The Morgan fingerprint density at radius 2 is 1.95 bits per heavy atom. The Hall–Kier alpha value is -4.89. The first-order chi connectivity index (χ1) is 20.2. The van der Waals surface area contributed by atoms with Gasteiger partial charge in [0.05, 0.1) is 16.3 Å². The van der Waals surface area contributed by atoms with E-state index >= 15 is 0 Å². The number of sulfone groups is 1. The van der Waals surface area contributed by atoms with Crippen LogP contribution in [0.1, 0.15) is 30.1 Å². The molecule has 11 nitrogen and oxygen atoms in total. The van der Waals surface area contributed by atoms with Gasteiger partial charge in [-0.15, -0.1) is 0 Å². The molecule has 1 amide bonds. The fraction of sp³-hybridized carbons (Fsp3) is 0.267. The summed E-state index contributed by atoms with van der Waals surface area (Å²) in [6.45, 7) is 5.03. The summed E-state index contributed by atoms with van der Waals surface area (Å²) >= 11 is 0. The number of fused-ring (bicyclic) bond motifs is 1. The van der Waals surface area contributed by atoms with Crippen LogP contribution in [0.25, 0.3) is 11.0 Å².